The Morgan fingerprint density at radius 3 is 2.33 bits per heavy atom. The van der Waals surface area contributed by atoms with Crippen molar-refractivity contribution in [1.29, 1.82) is 0 Å². The van der Waals surface area contributed by atoms with Crippen LogP contribution in [-0.2, 0) is 14.4 Å². The number of likely N-dealkylation sites (tertiary alicyclic amines) is 1. The average Bonchev–Trinajstić information content (AvgIpc) is 2.70. The highest BCUT2D eigenvalue weighted by Gasteiger charge is 2.46. The van der Waals surface area contributed by atoms with Crippen LogP contribution in [0.5, 0.6) is 0 Å². The van der Waals surface area contributed by atoms with Gasteiger partial charge in [-0.25, -0.2) is 0 Å². The lowest BCUT2D eigenvalue weighted by Crippen LogP contribution is -2.46. The van der Waals surface area contributed by atoms with E-state index in [1.807, 2.05) is 0 Å². The highest BCUT2D eigenvalue weighted by Crippen LogP contribution is 2.33. The van der Waals surface area contributed by atoms with Crippen LogP contribution in [0.1, 0.15) is 27.2 Å². The van der Waals surface area contributed by atoms with E-state index in [-0.39, 0.29) is 12.5 Å². The Bertz CT molecular complexity index is 392. The topological polar surface area (TPSA) is 86.7 Å². The van der Waals surface area contributed by atoms with Crippen LogP contribution >= 0.6 is 0 Å². The summed E-state index contributed by atoms with van der Waals surface area (Å²) in [4.78, 5) is 36.3. The number of amides is 2. The molecule has 0 aromatic rings. The first-order valence-electron chi connectivity index (χ1n) is 5.90. The molecule has 0 bridgehead atoms. The third kappa shape index (κ3) is 2.32. The summed E-state index contributed by atoms with van der Waals surface area (Å²) in [7, 11) is 1.55. The summed E-state index contributed by atoms with van der Waals surface area (Å²) in [6.07, 6.45) is 0.550. The van der Waals surface area contributed by atoms with Gasteiger partial charge in [-0.2, -0.15) is 0 Å². The van der Waals surface area contributed by atoms with Crippen molar-refractivity contribution in [2.75, 3.05) is 20.1 Å². The number of hydrogen-bond acceptors (Lipinski definition) is 3. The quantitative estimate of drug-likeness (QED) is 0.700. The standard InChI is InChI=1S/C12H20N2O4/c1-11(2,10(17)18)9(16)14-6-5-12(3,7-14)8(15)13-4/h5-7H2,1-4H3,(H,13,15)(H,17,18). The highest BCUT2D eigenvalue weighted by atomic mass is 16.4. The number of carbonyl (C=O) groups excluding carboxylic acids is 2. The monoisotopic (exact) mass is 256 g/mol. The van der Waals surface area contributed by atoms with E-state index in [1.54, 1.807) is 14.0 Å². The number of carbonyl (C=O) groups is 3. The summed E-state index contributed by atoms with van der Waals surface area (Å²) >= 11 is 0. The van der Waals surface area contributed by atoms with Crippen molar-refractivity contribution in [2.45, 2.75) is 27.2 Å². The average molecular weight is 256 g/mol. The number of hydrogen-bond donors (Lipinski definition) is 2. The van der Waals surface area contributed by atoms with Crippen molar-refractivity contribution in [1.82, 2.24) is 10.2 Å². The molecule has 1 fully saturated rings. The van der Waals surface area contributed by atoms with Crippen LogP contribution in [0.25, 0.3) is 0 Å². The van der Waals surface area contributed by atoms with Gasteiger partial charge in [0.15, 0.2) is 0 Å². The lowest BCUT2D eigenvalue weighted by Gasteiger charge is -2.27. The van der Waals surface area contributed by atoms with Gasteiger partial charge in [0.05, 0.1) is 5.41 Å². The summed E-state index contributed by atoms with van der Waals surface area (Å²) in [5, 5.41) is 11.6. The van der Waals surface area contributed by atoms with Crippen molar-refractivity contribution in [3.63, 3.8) is 0 Å². The molecule has 0 aromatic carbocycles. The molecule has 0 aromatic heterocycles. The van der Waals surface area contributed by atoms with Gasteiger partial charge in [0, 0.05) is 20.1 Å². The van der Waals surface area contributed by atoms with Crippen LogP contribution in [0.2, 0.25) is 0 Å². The van der Waals surface area contributed by atoms with Crippen LogP contribution in [-0.4, -0.2) is 47.9 Å². The van der Waals surface area contributed by atoms with Gasteiger partial charge in [-0.05, 0) is 27.2 Å². The van der Waals surface area contributed by atoms with Crippen molar-refractivity contribution < 1.29 is 19.5 Å². The lowest BCUT2D eigenvalue weighted by atomic mass is 9.88. The van der Waals surface area contributed by atoms with E-state index < -0.39 is 22.7 Å². The summed E-state index contributed by atoms with van der Waals surface area (Å²) < 4.78 is 0. The molecule has 2 amide bonds. The van der Waals surface area contributed by atoms with Crippen LogP contribution in [0.4, 0.5) is 0 Å². The SMILES string of the molecule is CNC(=O)C1(C)CCN(C(=O)C(C)(C)C(=O)O)C1. The number of nitrogens with one attached hydrogen (secondary N) is 1. The number of carboxylic acids is 1. The molecular weight excluding hydrogens is 236 g/mol. The Kier molecular flexibility index (Phi) is 3.69. The first-order valence-corrected chi connectivity index (χ1v) is 5.90. The minimum absolute atomic E-state index is 0.120. The Balaban J connectivity index is 2.82. The normalized spacial score (nSPS) is 23.9. The van der Waals surface area contributed by atoms with E-state index in [0.717, 1.165) is 0 Å². The van der Waals surface area contributed by atoms with Gasteiger partial charge < -0.3 is 15.3 Å². The minimum Gasteiger partial charge on any atom is -0.480 e. The maximum absolute atomic E-state index is 12.1. The van der Waals surface area contributed by atoms with Crippen LogP contribution in [0, 0.1) is 10.8 Å². The molecule has 0 spiro atoms. The highest BCUT2D eigenvalue weighted by molar-refractivity contribution is 6.01. The van der Waals surface area contributed by atoms with E-state index in [1.165, 1.54) is 18.7 Å². The van der Waals surface area contributed by atoms with Gasteiger partial charge in [0.1, 0.15) is 5.41 Å². The molecule has 2 N–H and O–H groups in total. The van der Waals surface area contributed by atoms with Crippen LogP contribution in [0.3, 0.4) is 0 Å². The first-order chi connectivity index (χ1) is 8.15. The molecule has 0 aliphatic carbocycles. The second-order valence-corrected chi connectivity index (χ2v) is 5.55. The lowest BCUT2D eigenvalue weighted by molar-refractivity contribution is -0.157. The minimum atomic E-state index is -1.45. The fraction of sp³-hybridized carbons (Fsp3) is 0.750. The maximum Gasteiger partial charge on any atom is 0.318 e. The molecule has 1 aliphatic rings. The number of aliphatic carboxylic acids is 1. The summed E-state index contributed by atoms with van der Waals surface area (Å²) in [6.45, 7) is 5.23. The molecular formula is C12H20N2O4. The zero-order valence-corrected chi connectivity index (χ0v) is 11.2. The molecule has 18 heavy (non-hydrogen) atoms. The Morgan fingerprint density at radius 1 is 1.33 bits per heavy atom. The smallest absolute Gasteiger partial charge is 0.318 e. The van der Waals surface area contributed by atoms with E-state index >= 15 is 0 Å². The Labute approximate surface area is 106 Å². The zero-order chi connectivity index (χ0) is 14.1. The molecule has 6 nitrogen and oxygen atoms in total. The van der Waals surface area contributed by atoms with E-state index in [4.69, 9.17) is 5.11 Å². The number of carboxylic acid groups (broad SMARTS) is 1. The van der Waals surface area contributed by atoms with Gasteiger partial charge in [-0.15, -0.1) is 0 Å². The molecule has 102 valence electrons. The maximum atomic E-state index is 12.1. The van der Waals surface area contributed by atoms with Crippen LogP contribution in [0.15, 0.2) is 0 Å². The van der Waals surface area contributed by atoms with Crippen molar-refractivity contribution >= 4 is 17.8 Å². The molecule has 1 rings (SSSR count). The molecule has 6 heteroatoms. The number of rotatable bonds is 3. The fourth-order valence-electron chi connectivity index (χ4n) is 2.11. The molecule has 1 saturated heterocycles. The Hall–Kier alpha value is -1.59. The predicted molar refractivity (Wildman–Crippen MR) is 64.8 cm³/mol. The number of nitrogens with zero attached hydrogens (tertiary/aromatic N) is 1. The molecule has 0 radical (unpaired) electrons. The molecule has 1 unspecified atom stereocenters. The zero-order valence-electron chi connectivity index (χ0n) is 11.2. The van der Waals surface area contributed by atoms with Gasteiger partial charge >= 0.3 is 5.97 Å². The van der Waals surface area contributed by atoms with E-state index in [9.17, 15) is 14.4 Å². The van der Waals surface area contributed by atoms with Crippen molar-refractivity contribution in [3.8, 4) is 0 Å². The Morgan fingerprint density at radius 2 is 1.89 bits per heavy atom. The van der Waals surface area contributed by atoms with Crippen molar-refractivity contribution in [3.05, 3.63) is 0 Å². The van der Waals surface area contributed by atoms with Gasteiger partial charge in [0.2, 0.25) is 11.8 Å². The molecule has 1 aliphatic heterocycles. The molecule has 1 heterocycles. The van der Waals surface area contributed by atoms with Crippen LogP contribution < -0.4 is 5.32 Å². The molecule has 1 atom stereocenters. The third-order valence-corrected chi connectivity index (χ3v) is 3.61. The first kappa shape index (κ1) is 14.5. The predicted octanol–water partition coefficient (Wildman–Crippen LogP) is 0.0818. The van der Waals surface area contributed by atoms with E-state index in [0.29, 0.717) is 13.0 Å². The second-order valence-electron chi connectivity index (χ2n) is 5.55. The molecule has 0 saturated carbocycles. The largest absolute Gasteiger partial charge is 0.480 e. The summed E-state index contributed by atoms with van der Waals surface area (Å²) in [5.41, 5.74) is -2.08. The van der Waals surface area contributed by atoms with Gasteiger partial charge in [-0.1, -0.05) is 0 Å². The second kappa shape index (κ2) is 4.59. The van der Waals surface area contributed by atoms with E-state index in [2.05, 4.69) is 5.32 Å². The summed E-state index contributed by atoms with van der Waals surface area (Å²) in [6, 6.07) is 0. The summed E-state index contributed by atoms with van der Waals surface area (Å²) in [5.74, 6) is -1.71. The fourth-order valence-corrected chi connectivity index (χ4v) is 2.11. The third-order valence-electron chi connectivity index (χ3n) is 3.61. The van der Waals surface area contributed by atoms with Crippen molar-refractivity contribution in [2.24, 2.45) is 10.8 Å². The van der Waals surface area contributed by atoms with Gasteiger partial charge in [-0.3, -0.25) is 14.4 Å². The van der Waals surface area contributed by atoms with Gasteiger partial charge in [0.25, 0.3) is 0 Å².